The van der Waals surface area contributed by atoms with Crippen LogP contribution in [-0.2, 0) is 0 Å². The van der Waals surface area contributed by atoms with E-state index < -0.39 is 5.91 Å². The zero-order valence-corrected chi connectivity index (χ0v) is 9.91. The standard InChI is InChI=1S/C10H11N5OS/c1-5-13-10(15-14-5)17-8-4-6(11)2-3-7(8)9(12)16/h2-4H,11H2,1H3,(H2,12,16)(H,13,14,15). The van der Waals surface area contributed by atoms with Crippen LogP contribution in [0.2, 0.25) is 0 Å². The van der Waals surface area contributed by atoms with Crippen LogP contribution in [0.5, 0.6) is 0 Å². The van der Waals surface area contributed by atoms with Crippen LogP contribution in [0.25, 0.3) is 0 Å². The van der Waals surface area contributed by atoms with Crippen LogP contribution in [0, 0.1) is 6.92 Å². The van der Waals surface area contributed by atoms with Crippen molar-refractivity contribution in [2.75, 3.05) is 5.73 Å². The SMILES string of the molecule is Cc1nc(Sc2cc(N)ccc2C(N)=O)n[nH]1. The summed E-state index contributed by atoms with van der Waals surface area (Å²) in [4.78, 5) is 16.0. The quantitative estimate of drug-likeness (QED) is 0.701. The predicted molar refractivity (Wildman–Crippen MR) is 64.6 cm³/mol. The van der Waals surface area contributed by atoms with Crippen LogP contribution in [-0.4, -0.2) is 21.1 Å². The molecule has 1 aromatic heterocycles. The maximum atomic E-state index is 11.2. The van der Waals surface area contributed by atoms with Gasteiger partial charge in [0.1, 0.15) is 5.82 Å². The number of rotatable bonds is 3. The molecule has 7 heteroatoms. The van der Waals surface area contributed by atoms with Gasteiger partial charge in [-0.3, -0.25) is 9.89 Å². The van der Waals surface area contributed by atoms with Crippen molar-refractivity contribution < 1.29 is 4.79 Å². The lowest BCUT2D eigenvalue weighted by molar-refractivity contribution is 0.0997. The number of carbonyl (C=O) groups excluding carboxylic acids is 1. The van der Waals surface area contributed by atoms with E-state index in [0.717, 1.165) is 0 Å². The number of hydrogen-bond donors (Lipinski definition) is 3. The fourth-order valence-corrected chi connectivity index (χ4v) is 2.24. The normalized spacial score (nSPS) is 10.4. The minimum atomic E-state index is -0.500. The highest BCUT2D eigenvalue weighted by molar-refractivity contribution is 7.99. The molecule has 6 nitrogen and oxygen atoms in total. The zero-order valence-electron chi connectivity index (χ0n) is 9.10. The smallest absolute Gasteiger partial charge is 0.249 e. The van der Waals surface area contributed by atoms with Gasteiger partial charge in [-0.1, -0.05) is 0 Å². The maximum Gasteiger partial charge on any atom is 0.249 e. The first-order valence-corrected chi connectivity index (χ1v) is 5.64. The Morgan fingerprint density at radius 1 is 1.47 bits per heavy atom. The second-order valence-electron chi connectivity index (χ2n) is 3.43. The largest absolute Gasteiger partial charge is 0.399 e. The summed E-state index contributed by atoms with van der Waals surface area (Å²) in [5.41, 5.74) is 11.9. The van der Waals surface area contributed by atoms with Crippen LogP contribution < -0.4 is 11.5 Å². The number of H-pyrrole nitrogens is 1. The number of primary amides is 1. The molecule has 2 rings (SSSR count). The molecule has 0 spiro atoms. The zero-order chi connectivity index (χ0) is 12.4. The van der Waals surface area contributed by atoms with Gasteiger partial charge >= 0.3 is 0 Å². The summed E-state index contributed by atoms with van der Waals surface area (Å²) in [6, 6.07) is 4.91. The number of anilines is 1. The molecule has 17 heavy (non-hydrogen) atoms. The molecule has 0 aliphatic heterocycles. The second kappa shape index (κ2) is 4.46. The van der Waals surface area contributed by atoms with Crippen molar-refractivity contribution in [1.82, 2.24) is 15.2 Å². The lowest BCUT2D eigenvalue weighted by atomic mass is 10.2. The topological polar surface area (TPSA) is 111 Å². The number of carbonyl (C=O) groups is 1. The van der Waals surface area contributed by atoms with E-state index in [2.05, 4.69) is 15.2 Å². The third-order valence-corrected chi connectivity index (χ3v) is 2.97. The Kier molecular flexibility index (Phi) is 3.01. The van der Waals surface area contributed by atoms with Gasteiger partial charge in [-0.25, -0.2) is 4.98 Å². The molecule has 1 heterocycles. The molecule has 88 valence electrons. The summed E-state index contributed by atoms with van der Waals surface area (Å²) >= 11 is 1.24. The first kappa shape index (κ1) is 11.5. The summed E-state index contributed by atoms with van der Waals surface area (Å²) < 4.78 is 0. The third-order valence-electron chi connectivity index (χ3n) is 2.05. The Labute approximate surface area is 102 Å². The Bertz CT molecular complexity index is 566. The fourth-order valence-electron chi connectivity index (χ4n) is 1.29. The van der Waals surface area contributed by atoms with Gasteiger partial charge in [0.2, 0.25) is 11.1 Å². The number of benzene rings is 1. The fraction of sp³-hybridized carbons (Fsp3) is 0.100. The predicted octanol–water partition coefficient (Wildman–Crippen LogP) is 0.945. The van der Waals surface area contributed by atoms with Gasteiger partial charge in [0.15, 0.2) is 0 Å². The van der Waals surface area contributed by atoms with Gasteiger partial charge in [0, 0.05) is 10.6 Å². The summed E-state index contributed by atoms with van der Waals surface area (Å²) in [5, 5.41) is 7.22. The molecule has 1 amide bonds. The van der Waals surface area contributed by atoms with Crippen molar-refractivity contribution in [2.45, 2.75) is 17.0 Å². The van der Waals surface area contributed by atoms with E-state index in [9.17, 15) is 4.79 Å². The lowest BCUT2D eigenvalue weighted by Gasteiger charge is -2.04. The molecule has 0 saturated heterocycles. The number of hydrogen-bond acceptors (Lipinski definition) is 5. The molecule has 0 aliphatic rings. The average Bonchev–Trinajstić information content (AvgIpc) is 2.63. The molecule has 0 radical (unpaired) electrons. The first-order valence-electron chi connectivity index (χ1n) is 4.82. The molecule has 1 aromatic carbocycles. The summed E-state index contributed by atoms with van der Waals surface area (Å²) in [7, 11) is 0. The van der Waals surface area contributed by atoms with Crippen LogP contribution in [0.15, 0.2) is 28.3 Å². The van der Waals surface area contributed by atoms with Gasteiger partial charge in [-0.2, -0.15) is 0 Å². The van der Waals surface area contributed by atoms with Gasteiger partial charge in [0.05, 0.1) is 5.56 Å². The maximum absolute atomic E-state index is 11.2. The van der Waals surface area contributed by atoms with Crippen molar-refractivity contribution in [3.63, 3.8) is 0 Å². The van der Waals surface area contributed by atoms with Gasteiger partial charge in [-0.15, -0.1) is 5.10 Å². The summed E-state index contributed by atoms with van der Waals surface area (Å²) in [5.74, 6) is 0.205. The number of amides is 1. The molecule has 0 saturated carbocycles. The van der Waals surface area contributed by atoms with Crippen LogP contribution in [0.3, 0.4) is 0 Å². The van der Waals surface area contributed by atoms with Gasteiger partial charge < -0.3 is 11.5 Å². The summed E-state index contributed by atoms with van der Waals surface area (Å²) in [6.07, 6.45) is 0. The highest BCUT2D eigenvalue weighted by atomic mass is 32.2. The van der Waals surface area contributed by atoms with E-state index in [-0.39, 0.29) is 0 Å². The minimum absolute atomic E-state index is 0.409. The molecule has 0 aliphatic carbocycles. The number of nitrogens with zero attached hydrogens (tertiary/aromatic N) is 2. The highest BCUT2D eigenvalue weighted by Gasteiger charge is 2.12. The van der Waals surface area contributed by atoms with Crippen molar-refractivity contribution >= 4 is 23.4 Å². The van der Waals surface area contributed by atoms with Gasteiger partial charge in [0.25, 0.3) is 0 Å². The van der Waals surface area contributed by atoms with Gasteiger partial charge in [-0.05, 0) is 36.9 Å². The second-order valence-corrected chi connectivity index (χ2v) is 4.43. The molecule has 0 fully saturated rings. The molecule has 0 atom stereocenters. The van der Waals surface area contributed by atoms with E-state index >= 15 is 0 Å². The van der Waals surface area contributed by atoms with Crippen molar-refractivity contribution in [2.24, 2.45) is 5.73 Å². The third kappa shape index (κ3) is 2.56. The summed E-state index contributed by atoms with van der Waals surface area (Å²) in [6.45, 7) is 1.80. The highest BCUT2D eigenvalue weighted by Crippen LogP contribution is 2.29. The Morgan fingerprint density at radius 2 is 2.24 bits per heavy atom. The van der Waals surface area contributed by atoms with E-state index in [4.69, 9.17) is 11.5 Å². The van der Waals surface area contributed by atoms with Crippen molar-refractivity contribution in [3.8, 4) is 0 Å². The lowest BCUT2D eigenvalue weighted by Crippen LogP contribution is -2.12. The minimum Gasteiger partial charge on any atom is -0.399 e. The van der Waals surface area contributed by atoms with E-state index in [0.29, 0.717) is 27.1 Å². The number of nitrogens with two attached hydrogens (primary N) is 2. The Morgan fingerprint density at radius 3 is 2.82 bits per heavy atom. The number of nitrogen functional groups attached to an aromatic ring is 1. The molecular weight excluding hydrogens is 238 g/mol. The molecule has 0 bridgehead atoms. The van der Waals surface area contributed by atoms with E-state index in [1.54, 1.807) is 25.1 Å². The molecular formula is C10H11N5OS. The molecule has 5 N–H and O–H groups in total. The number of aryl methyl sites for hydroxylation is 1. The number of nitrogens with one attached hydrogen (secondary N) is 1. The average molecular weight is 249 g/mol. The van der Waals surface area contributed by atoms with E-state index in [1.807, 2.05) is 0 Å². The Balaban J connectivity index is 2.37. The monoisotopic (exact) mass is 249 g/mol. The molecule has 2 aromatic rings. The number of aromatic nitrogens is 3. The Hall–Kier alpha value is -2.02. The van der Waals surface area contributed by atoms with Crippen molar-refractivity contribution in [1.29, 1.82) is 0 Å². The first-order chi connectivity index (χ1) is 8.06. The van der Waals surface area contributed by atoms with Crippen LogP contribution in [0.4, 0.5) is 5.69 Å². The van der Waals surface area contributed by atoms with Crippen LogP contribution >= 0.6 is 11.8 Å². The van der Waals surface area contributed by atoms with Crippen molar-refractivity contribution in [3.05, 3.63) is 29.6 Å². The van der Waals surface area contributed by atoms with Crippen LogP contribution in [0.1, 0.15) is 16.2 Å². The molecule has 0 unspecified atom stereocenters. The van der Waals surface area contributed by atoms with E-state index in [1.165, 1.54) is 11.8 Å². The number of aromatic amines is 1.